The molecular formula is C26H27N3O4. The highest BCUT2D eigenvalue weighted by Crippen LogP contribution is 2.20. The van der Waals surface area contributed by atoms with Crippen LogP contribution in [0.1, 0.15) is 40.9 Å². The summed E-state index contributed by atoms with van der Waals surface area (Å²) in [6, 6.07) is 22.5. The highest BCUT2D eigenvalue weighted by atomic mass is 16.5. The van der Waals surface area contributed by atoms with E-state index in [2.05, 4.69) is 16.0 Å². The number of hydrogen-bond donors (Lipinski definition) is 3. The molecule has 0 aliphatic heterocycles. The van der Waals surface area contributed by atoms with Gasteiger partial charge in [0.2, 0.25) is 11.8 Å². The number of hydrogen-bond acceptors (Lipinski definition) is 4. The minimum Gasteiger partial charge on any atom is -0.372 e. The quantitative estimate of drug-likeness (QED) is 0.459. The number of benzene rings is 3. The van der Waals surface area contributed by atoms with Crippen LogP contribution < -0.4 is 16.0 Å². The van der Waals surface area contributed by atoms with Gasteiger partial charge < -0.3 is 20.7 Å². The van der Waals surface area contributed by atoms with Crippen LogP contribution in [0.15, 0.2) is 72.8 Å². The Morgan fingerprint density at radius 3 is 1.91 bits per heavy atom. The average Bonchev–Trinajstić information content (AvgIpc) is 2.77. The Kier molecular flexibility index (Phi) is 8.32. The number of ether oxygens (including phenoxy) is 1. The maximum absolute atomic E-state index is 12.7. The van der Waals surface area contributed by atoms with Gasteiger partial charge in [-0.2, -0.15) is 0 Å². The first kappa shape index (κ1) is 23.7. The molecule has 3 aromatic carbocycles. The van der Waals surface area contributed by atoms with E-state index >= 15 is 0 Å². The molecule has 0 aliphatic rings. The lowest BCUT2D eigenvalue weighted by atomic mass is 10.1. The Balaban J connectivity index is 1.61. The smallest absolute Gasteiger partial charge is 0.251 e. The summed E-state index contributed by atoms with van der Waals surface area (Å²) >= 11 is 0. The van der Waals surface area contributed by atoms with Gasteiger partial charge >= 0.3 is 0 Å². The summed E-state index contributed by atoms with van der Waals surface area (Å²) in [4.78, 5) is 35.6. The molecule has 0 bridgehead atoms. The lowest BCUT2D eigenvalue weighted by Gasteiger charge is -2.12. The Bertz CT molecular complexity index is 1100. The second-order valence-electron chi connectivity index (χ2n) is 7.64. The van der Waals surface area contributed by atoms with Gasteiger partial charge in [-0.05, 0) is 34.9 Å². The van der Waals surface area contributed by atoms with Gasteiger partial charge in [0.15, 0.2) is 0 Å². The van der Waals surface area contributed by atoms with E-state index in [4.69, 9.17) is 4.74 Å². The maximum Gasteiger partial charge on any atom is 0.251 e. The molecule has 170 valence electrons. The summed E-state index contributed by atoms with van der Waals surface area (Å²) in [6.07, 6.45) is 0. The first-order valence-electron chi connectivity index (χ1n) is 10.6. The summed E-state index contributed by atoms with van der Waals surface area (Å²) < 4.78 is 5.79. The summed E-state index contributed by atoms with van der Waals surface area (Å²) in [5, 5.41) is 8.16. The molecule has 3 amide bonds. The third kappa shape index (κ3) is 7.90. The minimum atomic E-state index is -0.320. The second-order valence-corrected chi connectivity index (χ2v) is 7.64. The molecule has 7 nitrogen and oxygen atoms in total. The lowest BCUT2D eigenvalue weighted by Crippen LogP contribution is -2.23. The Morgan fingerprint density at radius 1 is 0.697 bits per heavy atom. The number of amides is 3. The van der Waals surface area contributed by atoms with Gasteiger partial charge in [-0.25, -0.2) is 0 Å². The summed E-state index contributed by atoms with van der Waals surface area (Å²) in [7, 11) is 0. The zero-order valence-electron chi connectivity index (χ0n) is 18.7. The molecule has 0 fully saturated rings. The normalized spacial score (nSPS) is 10.4. The highest BCUT2D eigenvalue weighted by molar-refractivity contribution is 5.99. The van der Waals surface area contributed by atoms with E-state index in [1.54, 1.807) is 18.2 Å². The maximum atomic E-state index is 12.7. The monoisotopic (exact) mass is 445 g/mol. The molecule has 0 radical (unpaired) electrons. The second kappa shape index (κ2) is 11.6. The van der Waals surface area contributed by atoms with E-state index in [1.165, 1.54) is 13.8 Å². The molecule has 0 unspecified atom stereocenters. The van der Waals surface area contributed by atoms with E-state index in [0.717, 1.165) is 16.7 Å². The van der Waals surface area contributed by atoms with E-state index in [0.29, 0.717) is 36.7 Å². The Labute approximate surface area is 193 Å². The molecule has 0 atom stereocenters. The van der Waals surface area contributed by atoms with Crippen molar-refractivity contribution >= 4 is 29.1 Å². The fraction of sp³-hybridized carbons (Fsp3) is 0.192. The first-order chi connectivity index (χ1) is 15.9. The largest absolute Gasteiger partial charge is 0.372 e. The highest BCUT2D eigenvalue weighted by Gasteiger charge is 2.11. The zero-order valence-corrected chi connectivity index (χ0v) is 18.7. The van der Waals surface area contributed by atoms with Crippen molar-refractivity contribution in [3.63, 3.8) is 0 Å². The third-order valence-electron chi connectivity index (χ3n) is 4.66. The van der Waals surface area contributed by atoms with Gasteiger partial charge in [-0.3, -0.25) is 14.4 Å². The molecule has 0 saturated heterocycles. The van der Waals surface area contributed by atoms with Crippen molar-refractivity contribution in [1.82, 2.24) is 5.32 Å². The van der Waals surface area contributed by atoms with Crippen molar-refractivity contribution in [3.05, 3.63) is 95.1 Å². The molecule has 33 heavy (non-hydrogen) atoms. The van der Waals surface area contributed by atoms with Gasteiger partial charge in [0, 0.05) is 37.3 Å². The summed E-state index contributed by atoms with van der Waals surface area (Å²) in [6.45, 7) is 4.08. The van der Waals surface area contributed by atoms with Crippen LogP contribution in [0.2, 0.25) is 0 Å². The van der Waals surface area contributed by atoms with Gasteiger partial charge in [0.25, 0.3) is 5.91 Å². The van der Waals surface area contributed by atoms with Crippen LogP contribution in [-0.4, -0.2) is 17.7 Å². The van der Waals surface area contributed by atoms with Crippen molar-refractivity contribution in [1.29, 1.82) is 0 Å². The van der Waals surface area contributed by atoms with Crippen molar-refractivity contribution in [3.8, 4) is 0 Å². The molecule has 0 aliphatic carbocycles. The first-order valence-corrected chi connectivity index (χ1v) is 10.6. The molecule has 0 heterocycles. The van der Waals surface area contributed by atoms with Crippen LogP contribution in [0, 0.1) is 0 Å². The molecule has 0 saturated carbocycles. The predicted octanol–water partition coefficient (Wildman–Crippen LogP) is 4.25. The number of rotatable bonds is 9. The van der Waals surface area contributed by atoms with Crippen molar-refractivity contribution < 1.29 is 19.1 Å². The molecule has 0 aromatic heterocycles. The van der Waals surface area contributed by atoms with Gasteiger partial charge in [0.05, 0.1) is 13.2 Å². The fourth-order valence-corrected chi connectivity index (χ4v) is 3.28. The van der Waals surface area contributed by atoms with Crippen LogP contribution in [0.25, 0.3) is 0 Å². The molecule has 0 spiro atoms. The molecule has 3 rings (SSSR count). The molecular weight excluding hydrogens is 418 g/mol. The number of nitrogens with one attached hydrogen (secondary N) is 3. The van der Waals surface area contributed by atoms with Crippen LogP contribution >= 0.6 is 0 Å². The summed E-state index contributed by atoms with van der Waals surface area (Å²) in [5.74, 6) is -0.861. The Morgan fingerprint density at radius 2 is 1.27 bits per heavy atom. The topological polar surface area (TPSA) is 96.5 Å². The van der Waals surface area contributed by atoms with Crippen LogP contribution in [-0.2, 0) is 34.1 Å². The van der Waals surface area contributed by atoms with Gasteiger partial charge in [0.1, 0.15) is 0 Å². The number of carbonyl (C=O) groups is 3. The fourth-order valence-electron chi connectivity index (χ4n) is 3.28. The van der Waals surface area contributed by atoms with E-state index < -0.39 is 0 Å². The minimum absolute atomic E-state index is 0.271. The lowest BCUT2D eigenvalue weighted by molar-refractivity contribution is -0.115. The molecule has 3 aromatic rings. The SMILES string of the molecule is CC(=O)Nc1cc(NC(C)=O)cc(C(=O)NCc2cccc(COCc3ccccc3)c2)c1. The van der Waals surface area contributed by atoms with Crippen molar-refractivity contribution in [2.75, 3.05) is 10.6 Å². The van der Waals surface area contributed by atoms with E-state index in [9.17, 15) is 14.4 Å². The van der Waals surface area contributed by atoms with Crippen molar-refractivity contribution in [2.24, 2.45) is 0 Å². The third-order valence-corrected chi connectivity index (χ3v) is 4.66. The van der Waals surface area contributed by atoms with Crippen LogP contribution in [0.3, 0.4) is 0 Å². The molecule has 7 heteroatoms. The average molecular weight is 446 g/mol. The van der Waals surface area contributed by atoms with E-state index in [-0.39, 0.29) is 17.7 Å². The van der Waals surface area contributed by atoms with Crippen molar-refractivity contribution in [2.45, 2.75) is 33.6 Å². The van der Waals surface area contributed by atoms with Crippen LogP contribution in [0.4, 0.5) is 11.4 Å². The van der Waals surface area contributed by atoms with Gasteiger partial charge in [-0.1, -0.05) is 54.6 Å². The molecule has 3 N–H and O–H groups in total. The standard InChI is InChI=1S/C26H27N3O4/c1-18(30)28-24-12-23(13-25(14-24)29-19(2)31)26(32)27-15-21-9-6-10-22(11-21)17-33-16-20-7-4-3-5-8-20/h3-14H,15-17H2,1-2H3,(H,27,32)(H,28,30)(H,29,31). The number of anilines is 2. The zero-order chi connectivity index (χ0) is 23.6. The van der Waals surface area contributed by atoms with Gasteiger partial charge in [-0.15, -0.1) is 0 Å². The van der Waals surface area contributed by atoms with E-state index in [1.807, 2.05) is 54.6 Å². The predicted molar refractivity (Wildman–Crippen MR) is 128 cm³/mol. The summed E-state index contributed by atoms with van der Waals surface area (Å²) in [5.41, 5.74) is 4.24. The Hall–Kier alpha value is -3.97. The van der Waals surface area contributed by atoms with Crippen LogP contribution in [0.5, 0.6) is 0 Å². The number of carbonyl (C=O) groups excluding carboxylic acids is 3.